The van der Waals surface area contributed by atoms with Crippen molar-refractivity contribution in [3.63, 3.8) is 0 Å². The lowest BCUT2D eigenvalue weighted by Gasteiger charge is -2.17. The van der Waals surface area contributed by atoms with Crippen molar-refractivity contribution in [1.29, 1.82) is 0 Å². The zero-order chi connectivity index (χ0) is 20.1. The SMILES string of the molecule is COc1ccc(/C=C/C(=O)c2ccc(-n3cccc3)cc2)cc1CN1CCCC1. The van der Waals surface area contributed by atoms with Gasteiger partial charge in [-0.1, -0.05) is 12.1 Å². The Balaban J connectivity index is 1.47. The van der Waals surface area contributed by atoms with Gasteiger partial charge >= 0.3 is 0 Å². The molecule has 0 unspecified atom stereocenters. The molecule has 0 aliphatic carbocycles. The molecule has 1 aromatic heterocycles. The minimum absolute atomic E-state index is 0.000895. The van der Waals surface area contributed by atoms with Gasteiger partial charge in [-0.05, 0) is 86.1 Å². The largest absolute Gasteiger partial charge is 0.496 e. The van der Waals surface area contributed by atoms with Gasteiger partial charge < -0.3 is 9.30 Å². The van der Waals surface area contributed by atoms with Gasteiger partial charge in [-0.2, -0.15) is 0 Å². The van der Waals surface area contributed by atoms with Crippen LogP contribution in [-0.4, -0.2) is 35.4 Å². The van der Waals surface area contributed by atoms with Crippen molar-refractivity contribution in [1.82, 2.24) is 9.47 Å². The molecule has 4 heteroatoms. The number of allylic oxidation sites excluding steroid dienone is 1. The number of ether oxygens (including phenoxy) is 1. The van der Waals surface area contributed by atoms with Gasteiger partial charge in [0.15, 0.2) is 5.78 Å². The number of likely N-dealkylation sites (tertiary alicyclic amines) is 1. The van der Waals surface area contributed by atoms with E-state index in [4.69, 9.17) is 4.74 Å². The molecule has 0 atom stereocenters. The summed E-state index contributed by atoms with van der Waals surface area (Å²) in [5.74, 6) is 0.905. The Bertz CT molecular complexity index is 982. The maximum atomic E-state index is 12.6. The summed E-state index contributed by atoms with van der Waals surface area (Å²) in [6.07, 6.45) is 10.0. The van der Waals surface area contributed by atoms with Crippen LogP contribution in [0.3, 0.4) is 0 Å². The number of ketones is 1. The molecule has 0 spiro atoms. The fourth-order valence-electron chi connectivity index (χ4n) is 3.78. The molecule has 0 radical (unpaired) electrons. The fraction of sp³-hybridized carbons (Fsp3) is 0.240. The number of carbonyl (C=O) groups excluding carboxylic acids is 1. The van der Waals surface area contributed by atoms with Crippen LogP contribution in [0.1, 0.15) is 34.3 Å². The van der Waals surface area contributed by atoms with E-state index in [2.05, 4.69) is 11.0 Å². The average molecular weight is 386 g/mol. The smallest absolute Gasteiger partial charge is 0.185 e. The Morgan fingerprint density at radius 3 is 2.45 bits per heavy atom. The number of hydrogen-bond donors (Lipinski definition) is 0. The van der Waals surface area contributed by atoms with Crippen LogP contribution in [0.5, 0.6) is 5.75 Å². The Kier molecular flexibility index (Phi) is 5.92. The van der Waals surface area contributed by atoms with Gasteiger partial charge in [0, 0.05) is 35.8 Å². The summed E-state index contributed by atoms with van der Waals surface area (Å²) in [4.78, 5) is 15.0. The van der Waals surface area contributed by atoms with Crippen LogP contribution in [0.15, 0.2) is 73.1 Å². The lowest BCUT2D eigenvalue weighted by atomic mass is 10.1. The van der Waals surface area contributed by atoms with Crippen molar-refractivity contribution >= 4 is 11.9 Å². The van der Waals surface area contributed by atoms with Gasteiger partial charge in [-0.3, -0.25) is 9.69 Å². The van der Waals surface area contributed by atoms with Crippen LogP contribution < -0.4 is 4.74 Å². The zero-order valence-electron chi connectivity index (χ0n) is 16.8. The second kappa shape index (κ2) is 8.93. The van der Waals surface area contributed by atoms with Crippen molar-refractivity contribution in [3.8, 4) is 11.4 Å². The van der Waals surface area contributed by atoms with E-state index in [0.29, 0.717) is 5.56 Å². The molecule has 0 amide bonds. The van der Waals surface area contributed by atoms with Gasteiger partial charge in [-0.15, -0.1) is 0 Å². The highest BCUT2D eigenvalue weighted by Gasteiger charge is 2.14. The van der Waals surface area contributed by atoms with Crippen molar-refractivity contribution in [2.45, 2.75) is 19.4 Å². The van der Waals surface area contributed by atoms with Crippen molar-refractivity contribution < 1.29 is 9.53 Å². The topological polar surface area (TPSA) is 34.5 Å². The third kappa shape index (κ3) is 4.66. The highest BCUT2D eigenvalue weighted by molar-refractivity contribution is 6.06. The van der Waals surface area contributed by atoms with E-state index in [-0.39, 0.29) is 5.78 Å². The lowest BCUT2D eigenvalue weighted by Crippen LogP contribution is -2.18. The molecule has 0 saturated carbocycles. The molecule has 29 heavy (non-hydrogen) atoms. The minimum atomic E-state index is 0.000895. The van der Waals surface area contributed by atoms with Crippen LogP contribution in [0.25, 0.3) is 11.8 Å². The molecule has 148 valence electrons. The molecule has 1 saturated heterocycles. The summed E-state index contributed by atoms with van der Waals surface area (Å²) in [6, 6.07) is 17.7. The van der Waals surface area contributed by atoms with Crippen LogP contribution in [0.2, 0.25) is 0 Å². The third-order valence-electron chi connectivity index (χ3n) is 5.38. The zero-order valence-corrected chi connectivity index (χ0v) is 16.8. The van der Waals surface area contributed by atoms with E-state index < -0.39 is 0 Å². The summed E-state index contributed by atoms with van der Waals surface area (Å²) < 4.78 is 7.54. The maximum absolute atomic E-state index is 12.6. The summed E-state index contributed by atoms with van der Waals surface area (Å²) in [5, 5.41) is 0. The van der Waals surface area contributed by atoms with Crippen molar-refractivity contribution in [2.24, 2.45) is 0 Å². The number of nitrogens with zero attached hydrogens (tertiary/aromatic N) is 2. The van der Waals surface area contributed by atoms with Crippen LogP contribution in [0.4, 0.5) is 0 Å². The molecule has 4 rings (SSSR count). The molecule has 1 aliphatic rings. The quantitative estimate of drug-likeness (QED) is 0.424. The van der Waals surface area contributed by atoms with E-state index in [9.17, 15) is 4.79 Å². The molecule has 0 N–H and O–H groups in total. The Morgan fingerprint density at radius 1 is 1.03 bits per heavy atom. The fourth-order valence-corrected chi connectivity index (χ4v) is 3.78. The summed E-state index contributed by atoms with van der Waals surface area (Å²) in [5.41, 5.74) is 3.90. The third-order valence-corrected chi connectivity index (χ3v) is 5.38. The lowest BCUT2D eigenvalue weighted by molar-refractivity contribution is 0.104. The molecule has 4 nitrogen and oxygen atoms in total. The number of methoxy groups -OCH3 is 1. The highest BCUT2D eigenvalue weighted by atomic mass is 16.5. The average Bonchev–Trinajstić information content (AvgIpc) is 3.47. The highest BCUT2D eigenvalue weighted by Crippen LogP contribution is 2.24. The first-order valence-electron chi connectivity index (χ1n) is 10.1. The van der Waals surface area contributed by atoms with Gasteiger partial charge in [0.1, 0.15) is 5.75 Å². The van der Waals surface area contributed by atoms with Crippen molar-refractivity contribution in [2.75, 3.05) is 20.2 Å². The Morgan fingerprint density at radius 2 is 1.76 bits per heavy atom. The predicted octanol–water partition coefficient (Wildman–Crippen LogP) is 4.98. The summed E-state index contributed by atoms with van der Waals surface area (Å²) >= 11 is 0. The Labute approximate surface area is 172 Å². The molecule has 3 aromatic rings. The van der Waals surface area contributed by atoms with E-state index >= 15 is 0 Å². The van der Waals surface area contributed by atoms with E-state index in [1.54, 1.807) is 13.2 Å². The molecule has 0 bridgehead atoms. The molecule has 2 aromatic carbocycles. The molecular weight excluding hydrogens is 360 g/mol. The summed E-state index contributed by atoms with van der Waals surface area (Å²) in [7, 11) is 1.71. The number of aromatic nitrogens is 1. The van der Waals surface area contributed by atoms with Crippen molar-refractivity contribution in [3.05, 3.63) is 89.8 Å². The number of rotatable bonds is 7. The molecule has 2 heterocycles. The van der Waals surface area contributed by atoms with E-state index in [1.807, 2.05) is 71.6 Å². The van der Waals surface area contributed by atoms with Gasteiger partial charge in [-0.25, -0.2) is 0 Å². The molecule has 1 fully saturated rings. The monoisotopic (exact) mass is 386 g/mol. The normalized spacial score (nSPS) is 14.5. The minimum Gasteiger partial charge on any atom is -0.496 e. The first-order chi connectivity index (χ1) is 14.2. The van der Waals surface area contributed by atoms with E-state index in [0.717, 1.165) is 36.6 Å². The number of benzene rings is 2. The van der Waals surface area contributed by atoms with Crippen LogP contribution in [0, 0.1) is 0 Å². The number of hydrogen-bond acceptors (Lipinski definition) is 3. The van der Waals surface area contributed by atoms with Crippen LogP contribution >= 0.6 is 0 Å². The number of carbonyl (C=O) groups is 1. The summed E-state index contributed by atoms with van der Waals surface area (Å²) in [6.45, 7) is 3.17. The molecular formula is C25H26N2O2. The second-order valence-electron chi connectivity index (χ2n) is 7.39. The second-order valence-corrected chi connectivity index (χ2v) is 7.39. The first-order valence-corrected chi connectivity index (χ1v) is 10.1. The maximum Gasteiger partial charge on any atom is 0.185 e. The predicted molar refractivity (Wildman–Crippen MR) is 117 cm³/mol. The standard InChI is InChI=1S/C25H26N2O2/c1-29-25-13-7-20(18-22(25)19-26-14-2-3-15-26)6-12-24(28)21-8-10-23(11-9-21)27-16-4-5-17-27/h4-13,16-18H,2-3,14-15,19H2,1H3/b12-6+. The Hall–Kier alpha value is -3.11. The van der Waals surface area contributed by atoms with Crippen LogP contribution in [-0.2, 0) is 6.54 Å². The molecule has 1 aliphatic heterocycles. The van der Waals surface area contributed by atoms with Gasteiger partial charge in [0.05, 0.1) is 7.11 Å². The van der Waals surface area contributed by atoms with Gasteiger partial charge in [0.2, 0.25) is 0 Å². The van der Waals surface area contributed by atoms with Gasteiger partial charge in [0.25, 0.3) is 0 Å². The van der Waals surface area contributed by atoms with E-state index in [1.165, 1.54) is 18.4 Å². The first kappa shape index (κ1) is 19.2.